The summed E-state index contributed by atoms with van der Waals surface area (Å²) >= 11 is 0. The first-order valence-corrected chi connectivity index (χ1v) is 6.39. The monoisotopic (exact) mass is 289 g/mol. The minimum absolute atomic E-state index is 0.187. The van der Waals surface area contributed by atoms with Crippen molar-refractivity contribution in [2.24, 2.45) is 0 Å². The molecule has 1 aromatic rings. The number of nitrogens with zero attached hydrogens (tertiary/aromatic N) is 3. The van der Waals surface area contributed by atoms with Gasteiger partial charge < -0.3 is 0 Å². The molecule has 0 aliphatic heterocycles. The van der Waals surface area contributed by atoms with E-state index in [1.807, 2.05) is 0 Å². The average Bonchev–Trinajstić information content (AvgIpc) is 2.27. The number of benzene rings is 1. The van der Waals surface area contributed by atoms with E-state index in [-0.39, 0.29) is 5.56 Å². The predicted octanol–water partition coefficient (Wildman–Crippen LogP) is 1.06. The van der Waals surface area contributed by atoms with Crippen molar-refractivity contribution in [3.63, 3.8) is 0 Å². The van der Waals surface area contributed by atoms with Gasteiger partial charge in [0.15, 0.2) is 0 Å². The predicted molar refractivity (Wildman–Crippen MR) is 65.4 cm³/mol. The Balaban J connectivity index is 3.71. The third-order valence-electron chi connectivity index (χ3n) is 2.50. The van der Waals surface area contributed by atoms with E-state index >= 15 is 0 Å². The summed E-state index contributed by atoms with van der Waals surface area (Å²) in [4.78, 5) is 19.5. The van der Waals surface area contributed by atoms with Gasteiger partial charge in [0.1, 0.15) is 5.56 Å². The van der Waals surface area contributed by atoms with Gasteiger partial charge in [-0.15, -0.1) is 0 Å². The van der Waals surface area contributed by atoms with E-state index < -0.39 is 36.1 Å². The molecule has 0 aliphatic rings. The molecule has 0 atom stereocenters. The van der Waals surface area contributed by atoms with Crippen LogP contribution in [0.5, 0.6) is 0 Å². The van der Waals surface area contributed by atoms with Gasteiger partial charge in [0.2, 0.25) is 10.0 Å². The molecule has 0 aromatic heterocycles. The number of nitro groups is 2. The zero-order valence-corrected chi connectivity index (χ0v) is 11.2. The van der Waals surface area contributed by atoms with Crippen molar-refractivity contribution in [3.8, 4) is 0 Å². The van der Waals surface area contributed by atoms with Crippen LogP contribution in [0.1, 0.15) is 5.56 Å². The lowest BCUT2D eigenvalue weighted by Crippen LogP contribution is -2.22. The molecular weight excluding hydrogens is 278 g/mol. The molecule has 0 N–H and O–H groups in total. The van der Waals surface area contributed by atoms with Crippen LogP contribution in [-0.4, -0.2) is 36.7 Å². The zero-order chi connectivity index (χ0) is 15.0. The highest BCUT2D eigenvalue weighted by atomic mass is 32.2. The van der Waals surface area contributed by atoms with Crippen LogP contribution < -0.4 is 0 Å². The first-order chi connectivity index (χ1) is 8.59. The van der Waals surface area contributed by atoms with Crippen molar-refractivity contribution in [2.45, 2.75) is 11.8 Å². The Kier molecular flexibility index (Phi) is 3.86. The lowest BCUT2D eigenvalue weighted by Gasteiger charge is -2.11. The van der Waals surface area contributed by atoms with Crippen molar-refractivity contribution in [3.05, 3.63) is 37.9 Å². The van der Waals surface area contributed by atoms with Gasteiger partial charge in [-0.25, -0.2) is 12.7 Å². The zero-order valence-electron chi connectivity index (χ0n) is 10.4. The summed E-state index contributed by atoms with van der Waals surface area (Å²) in [5, 5.41) is 21.6. The summed E-state index contributed by atoms with van der Waals surface area (Å²) in [6.07, 6.45) is 0. The largest absolute Gasteiger partial charge is 0.280 e. The minimum atomic E-state index is -3.98. The Hall–Kier alpha value is -2.07. The molecule has 0 fully saturated rings. The highest BCUT2D eigenvalue weighted by Gasteiger charge is 2.28. The quantitative estimate of drug-likeness (QED) is 0.603. The maximum atomic E-state index is 11.9. The first kappa shape index (κ1) is 15.0. The normalized spacial score (nSPS) is 11.6. The molecule has 0 bridgehead atoms. The molecule has 0 unspecified atom stereocenters. The summed E-state index contributed by atoms with van der Waals surface area (Å²) in [7, 11) is -1.52. The van der Waals surface area contributed by atoms with Gasteiger partial charge in [0.25, 0.3) is 11.4 Å². The van der Waals surface area contributed by atoms with Crippen LogP contribution in [0.2, 0.25) is 0 Å². The second-order valence-electron chi connectivity index (χ2n) is 3.89. The Morgan fingerprint density at radius 2 is 1.42 bits per heavy atom. The van der Waals surface area contributed by atoms with Gasteiger partial charge in [-0.2, -0.15) is 0 Å². The van der Waals surface area contributed by atoms with Crippen molar-refractivity contribution in [2.75, 3.05) is 14.1 Å². The third-order valence-corrected chi connectivity index (χ3v) is 4.29. The van der Waals surface area contributed by atoms with Crippen LogP contribution in [0.25, 0.3) is 0 Å². The number of hydrogen-bond donors (Lipinski definition) is 0. The van der Waals surface area contributed by atoms with E-state index in [4.69, 9.17) is 0 Å². The molecule has 1 aromatic carbocycles. The van der Waals surface area contributed by atoms with E-state index in [0.717, 1.165) is 16.4 Å². The van der Waals surface area contributed by atoms with Gasteiger partial charge in [0.05, 0.1) is 14.7 Å². The molecule has 0 saturated carbocycles. The highest BCUT2D eigenvalue weighted by molar-refractivity contribution is 7.89. The van der Waals surface area contributed by atoms with Crippen molar-refractivity contribution < 1.29 is 18.3 Å². The molecule has 0 heterocycles. The molecule has 19 heavy (non-hydrogen) atoms. The standard InChI is InChI=1S/C9H11N3O6S/c1-6-8(11(13)14)4-7(5-9(6)12(15)16)19(17,18)10(2)3/h4-5H,1-3H3. The van der Waals surface area contributed by atoms with Crippen LogP contribution in [0, 0.1) is 27.2 Å². The molecule has 0 amide bonds. The number of sulfonamides is 1. The van der Waals surface area contributed by atoms with Crippen molar-refractivity contribution in [1.29, 1.82) is 0 Å². The fourth-order valence-electron chi connectivity index (χ4n) is 1.40. The van der Waals surface area contributed by atoms with Gasteiger partial charge in [-0.1, -0.05) is 0 Å². The van der Waals surface area contributed by atoms with Gasteiger partial charge in [-0.3, -0.25) is 20.2 Å². The van der Waals surface area contributed by atoms with E-state index in [2.05, 4.69) is 0 Å². The van der Waals surface area contributed by atoms with Crippen LogP contribution in [0.4, 0.5) is 11.4 Å². The molecule has 10 heteroatoms. The van der Waals surface area contributed by atoms with E-state index in [1.165, 1.54) is 21.0 Å². The van der Waals surface area contributed by atoms with E-state index in [9.17, 15) is 28.6 Å². The van der Waals surface area contributed by atoms with Crippen LogP contribution >= 0.6 is 0 Å². The van der Waals surface area contributed by atoms with Crippen molar-refractivity contribution >= 4 is 21.4 Å². The Morgan fingerprint density at radius 1 is 1.05 bits per heavy atom. The molecule has 0 saturated heterocycles. The van der Waals surface area contributed by atoms with Crippen molar-refractivity contribution in [1.82, 2.24) is 4.31 Å². The van der Waals surface area contributed by atoms with Crippen LogP contribution in [0.15, 0.2) is 17.0 Å². The Morgan fingerprint density at radius 3 is 1.68 bits per heavy atom. The lowest BCUT2D eigenvalue weighted by molar-refractivity contribution is -0.395. The second-order valence-corrected chi connectivity index (χ2v) is 6.04. The summed E-state index contributed by atoms with van der Waals surface area (Å²) in [5.74, 6) is 0. The fraction of sp³-hybridized carbons (Fsp3) is 0.333. The van der Waals surface area contributed by atoms with Gasteiger partial charge in [0, 0.05) is 26.2 Å². The maximum absolute atomic E-state index is 11.9. The third kappa shape index (κ3) is 2.69. The van der Waals surface area contributed by atoms with E-state index in [1.54, 1.807) is 0 Å². The summed E-state index contributed by atoms with van der Waals surface area (Å²) < 4.78 is 24.6. The second kappa shape index (κ2) is 4.90. The number of hydrogen-bond acceptors (Lipinski definition) is 6. The summed E-state index contributed by atoms with van der Waals surface area (Å²) in [6, 6.07) is 1.63. The lowest BCUT2D eigenvalue weighted by atomic mass is 10.1. The first-order valence-electron chi connectivity index (χ1n) is 4.95. The summed E-state index contributed by atoms with van der Waals surface area (Å²) in [5.41, 5.74) is -1.39. The molecule has 104 valence electrons. The highest BCUT2D eigenvalue weighted by Crippen LogP contribution is 2.31. The SMILES string of the molecule is Cc1c([N+](=O)[O-])cc(S(=O)(=O)N(C)C)cc1[N+](=O)[O-]. The van der Waals surface area contributed by atoms with Crippen LogP contribution in [-0.2, 0) is 10.0 Å². The summed E-state index contributed by atoms with van der Waals surface area (Å²) in [6.45, 7) is 1.20. The number of rotatable bonds is 4. The minimum Gasteiger partial charge on any atom is -0.258 e. The molecule has 0 spiro atoms. The Labute approximate surface area is 108 Å². The van der Waals surface area contributed by atoms with E-state index in [0.29, 0.717) is 0 Å². The smallest absolute Gasteiger partial charge is 0.258 e. The van der Waals surface area contributed by atoms with Gasteiger partial charge >= 0.3 is 0 Å². The maximum Gasteiger partial charge on any atom is 0.280 e. The Bertz CT molecular complexity index is 617. The molecule has 0 aliphatic carbocycles. The average molecular weight is 289 g/mol. The molecule has 0 radical (unpaired) electrons. The van der Waals surface area contributed by atoms with Crippen LogP contribution in [0.3, 0.4) is 0 Å². The molecule has 9 nitrogen and oxygen atoms in total. The topological polar surface area (TPSA) is 124 Å². The molecular formula is C9H11N3O6S. The fourth-order valence-corrected chi connectivity index (χ4v) is 2.34. The van der Waals surface area contributed by atoms with Gasteiger partial charge in [-0.05, 0) is 6.92 Å². The molecule has 1 rings (SSSR count). The number of nitro benzene ring substituents is 2.